The van der Waals surface area contributed by atoms with Crippen LogP contribution < -0.4 is 15.8 Å². The van der Waals surface area contributed by atoms with Crippen molar-refractivity contribution in [2.24, 2.45) is 11.7 Å². The summed E-state index contributed by atoms with van der Waals surface area (Å²) >= 11 is 0. The molecule has 104 valence electrons. The van der Waals surface area contributed by atoms with Crippen LogP contribution in [0.4, 0.5) is 5.69 Å². The van der Waals surface area contributed by atoms with E-state index in [1.807, 2.05) is 13.8 Å². The number of carbonyl (C=O) groups excluding carboxylic acids is 1. The minimum Gasteiger partial charge on any atom is -0.478 e. The molecule has 4 N–H and O–H groups in total. The van der Waals surface area contributed by atoms with E-state index in [1.54, 1.807) is 18.2 Å². The van der Waals surface area contributed by atoms with Crippen LogP contribution in [-0.4, -0.2) is 23.7 Å². The van der Waals surface area contributed by atoms with Crippen LogP contribution in [0.25, 0.3) is 0 Å². The van der Waals surface area contributed by atoms with Gasteiger partial charge in [0.15, 0.2) is 6.10 Å². The number of hydrogen-bond acceptors (Lipinski definition) is 4. The Kier molecular flexibility index (Phi) is 4.07. The van der Waals surface area contributed by atoms with E-state index < -0.39 is 12.2 Å². The van der Waals surface area contributed by atoms with Gasteiger partial charge < -0.3 is 20.9 Å². The summed E-state index contributed by atoms with van der Waals surface area (Å²) in [7, 11) is 0. The van der Waals surface area contributed by atoms with E-state index in [4.69, 9.17) is 10.5 Å². The highest BCUT2D eigenvalue weighted by Gasteiger charge is 2.30. The van der Waals surface area contributed by atoms with Gasteiger partial charge in [-0.25, -0.2) is 0 Å². The summed E-state index contributed by atoms with van der Waals surface area (Å²) in [5, 5.41) is 12.7. The number of carbonyl (C=O) groups is 1. The number of rotatable bonds is 4. The third-order valence-electron chi connectivity index (χ3n) is 3.20. The van der Waals surface area contributed by atoms with Crippen LogP contribution in [0.15, 0.2) is 18.2 Å². The van der Waals surface area contributed by atoms with Crippen LogP contribution in [0.5, 0.6) is 5.75 Å². The van der Waals surface area contributed by atoms with Gasteiger partial charge in [-0.1, -0.05) is 19.9 Å². The number of ether oxygens (including phenoxy) is 1. The van der Waals surface area contributed by atoms with E-state index in [-0.39, 0.29) is 11.8 Å². The van der Waals surface area contributed by atoms with Gasteiger partial charge in [-0.2, -0.15) is 0 Å². The van der Waals surface area contributed by atoms with Gasteiger partial charge in [0.05, 0.1) is 11.8 Å². The number of anilines is 1. The third-order valence-corrected chi connectivity index (χ3v) is 3.20. The monoisotopic (exact) mass is 264 g/mol. The first-order valence-electron chi connectivity index (χ1n) is 6.52. The zero-order valence-corrected chi connectivity index (χ0v) is 11.2. The van der Waals surface area contributed by atoms with Gasteiger partial charge in [-0.15, -0.1) is 0 Å². The molecule has 2 rings (SSSR count). The topological polar surface area (TPSA) is 84.6 Å². The Hall–Kier alpha value is -1.59. The Bertz CT molecular complexity index is 474. The molecule has 0 aromatic heterocycles. The summed E-state index contributed by atoms with van der Waals surface area (Å²) in [5.41, 5.74) is 6.76. The highest BCUT2D eigenvalue weighted by molar-refractivity contribution is 5.98. The van der Waals surface area contributed by atoms with Gasteiger partial charge >= 0.3 is 0 Å². The number of hydrogen-bond donors (Lipinski definition) is 3. The summed E-state index contributed by atoms with van der Waals surface area (Å²) < 4.78 is 5.68. The van der Waals surface area contributed by atoms with Crippen molar-refractivity contribution in [2.75, 3.05) is 11.9 Å². The Balaban J connectivity index is 2.23. The second-order valence-corrected chi connectivity index (χ2v) is 5.12. The largest absolute Gasteiger partial charge is 0.478 e. The van der Waals surface area contributed by atoms with Crippen LogP contribution in [-0.2, 0) is 4.79 Å². The van der Waals surface area contributed by atoms with Crippen molar-refractivity contribution in [2.45, 2.75) is 32.5 Å². The average Bonchev–Trinajstić information content (AvgIpc) is 2.37. The number of nitrogens with one attached hydrogen (secondary N) is 1. The lowest BCUT2D eigenvalue weighted by Crippen LogP contribution is -2.40. The molecule has 0 spiro atoms. The second kappa shape index (κ2) is 5.59. The minimum atomic E-state index is -0.616. The minimum absolute atomic E-state index is 0.107. The summed E-state index contributed by atoms with van der Waals surface area (Å²) in [6.07, 6.45) is -0.593. The molecule has 1 aromatic rings. The number of benzene rings is 1. The third kappa shape index (κ3) is 2.88. The van der Waals surface area contributed by atoms with Crippen molar-refractivity contribution in [3.63, 3.8) is 0 Å². The van der Waals surface area contributed by atoms with E-state index in [2.05, 4.69) is 5.32 Å². The van der Waals surface area contributed by atoms with E-state index in [9.17, 15) is 9.90 Å². The predicted molar refractivity (Wildman–Crippen MR) is 73.0 cm³/mol. The molecule has 1 aromatic carbocycles. The molecule has 2 atom stereocenters. The fourth-order valence-electron chi connectivity index (χ4n) is 2.11. The number of amides is 1. The van der Waals surface area contributed by atoms with Crippen molar-refractivity contribution in [1.82, 2.24) is 0 Å². The molecule has 5 nitrogen and oxygen atoms in total. The smallest absolute Gasteiger partial charge is 0.265 e. The van der Waals surface area contributed by atoms with E-state index in [0.29, 0.717) is 24.4 Å². The lowest BCUT2D eigenvalue weighted by atomic mass is 10.0. The molecule has 1 aliphatic heterocycles. The van der Waals surface area contributed by atoms with Crippen molar-refractivity contribution in [3.8, 4) is 5.75 Å². The van der Waals surface area contributed by atoms with Crippen molar-refractivity contribution < 1.29 is 14.6 Å². The lowest BCUT2D eigenvalue weighted by molar-refractivity contribution is -0.125. The molecule has 1 heterocycles. The number of aliphatic hydroxyl groups is 1. The summed E-state index contributed by atoms with van der Waals surface area (Å²) in [6.45, 7) is 4.29. The molecule has 2 unspecified atom stereocenters. The summed E-state index contributed by atoms with van der Waals surface area (Å²) in [6, 6.07) is 5.32. The van der Waals surface area contributed by atoms with Crippen LogP contribution in [0.3, 0.4) is 0 Å². The van der Waals surface area contributed by atoms with Gasteiger partial charge in [-0.05, 0) is 36.6 Å². The Morgan fingerprint density at radius 1 is 1.47 bits per heavy atom. The Morgan fingerprint density at radius 3 is 2.84 bits per heavy atom. The molecular weight excluding hydrogens is 244 g/mol. The zero-order chi connectivity index (χ0) is 14.0. The highest BCUT2D eigenvalue weighted by Crippen LogP contribution is 2.34. The summed E-state index contributed by atoms with van der Waals surface area (Å²) in [5.74, 6) is 0.602. The van der Waals surface area contributed by atoms with Gasteiger partial charge in [0.2, 0.25) is 0 Å². The van der Waals surface area contributed by atoms with Crippen LogP contribution in [0.1, 0.15) is 31.9 Å². The quantitative estimate of drug-likeness (QED) is 0.768. The maximum atomic E-state index is 11.9. The maximum absolute atomic E-state index is 11.9. The molecule has 0 aliphatic carbocycles. The highest BCUT2D eigenvalue weighted by atomic mass is 16.5. The van der Waals surface area contributed by atoms with Crippen LogP contribution in [0.2, 0.25) is 0 Å². The predicted octanol–water partition coefficient (Wildman–Crippen LogP) is 1.42. The Morgan fingerprint density at radius 2 is 2.21 bits per heavy atom. The van der Waals surface area contributed by atoms with Crippen molar-refractivity contribution in [1.29, 1.82) is 0 Å². The van der Waals surface area contributed by atoms with E-state index in [1.165, 1.54) is 0 Å². The number of aliphatic hydroxyl groups excluding tert-OH is 1. The van der Waals surface area contributed by atoms with Gasteiger partial charge in [0, 0.05) is 0 Å². The fourth-order valence-corrected chi connectivity index (χ4v) is 2.11. The second-order valence-electron chi connectivity index (χ2n) is 5.12. The molecule has 0 saturated heterocycles. The zero-order valence-electron chi connectivity index (χ0n) is 11.2. The normalized spacial score (nSPS) is 19.6. The SMILES string of the molecule is CC(C)C1Oc2ccc(C(O)CCN)cc2NC1=O. The van der Waals surface area contributed by atoms with Crippen LogP contribution in [0, 0.1) is 5.92 Å². The number of nitrogens with two attached hydrogens (primary N) is 1. The first-order chi connectivity index (χ1) is 9.02. The molecule has 0 saturated carbocycles. The first-order valence-corrected chi connectivity index (χ1v) is 6.52. The lowest BCUT2D eigenvalue weighted by Gasteiger charge is -2.28. The molecule has 1 aliphatic rings. The molecular formula is C14H20N2O3. The summed E-state index contributed by atoms with van der Waals surface area (Å²) in [4.78, 5) is 11.9. The average molecular weight is 264 g/mol. The first kappa shape index (κ1) is 13.8. The molecule has 0 radical (unpaired) electrons. The van der Waals surface area contributed by atoms with E-state index in [0.717, 1.165) is 5.56 Å². The standard InChI is InChI=1S/C14H20N2O3/c1-8(2)13-14(18)16-10-7-9(11(17)5-6-15)3-4-12(10)19-13/h3-4,7-8,11,13,17H,5-6,15H2,1-2H3,(H,16,18). The molecule has 1 amide bonds. The van der Waals surface area contributed by atoms with Crippen LogP contribution >= 0.6 is 0 Å². The van der Waals surface area contributed by atoms with Gasteiger partial charge in [-0.3, -0.25) is 4.79 Å². The molecule has 0 fully saturated rings. The fraction of sp³-hybridized carbons (Fsp3) is 0.500. The van der Waals surface area contributed by atoms with Gasteiger partial charge in [0.1, 0.15) is 5.75 Å². The molecule has 5 heteroatoms. The molecule has 19 heavy (non-hydrogen) atoms. The van der Waals surface area contributed by atoms with Crippen molar-refractivity contribution >= 4 is 11.6 Å². The van der Waals surface area contributed by atoms with E-state index >= 15 is 0 Å². The molecule has 0 bridgehead atoms. The van der Waals surface area contributed by atoms with Gasteiger partial charge in [0.25, 0.3) is 5.91 Å². The van der Waals surface area contributed by atoms with Crippen molar-refractivity contribution in [3.05, 3.63) is 23.8 Å². The number of fused-ring (bicyclic) bond motifs is 1. The Labute approximate surface area is 112 Å². The maximum Gasteiger partial charge on any atom is 0.265 e.